The van der Waals surface area contributed by atoms with E-state index in [1.54, 1.807) is 0 Å². The van der Waals surface area contributed by atoms with Gasteiger partial charge in [-0.2, -0.15) is 0 Å². The van der Waals surface area contributed by atoms with Gasteiger partial charge in [0.2, 0.25) is 0 Å². The third kappa shape index (κ3) is 5.50. The second-order valence-electron chi connectivity index (χ2n) is 3.98. The molecule has 0 saturated heterocycles. The monoisotopic (exact) mass is 208 g/mol. The predicted octanol–water partition coefficient (Wildman–Crippen LogP) is 1.64. The van der Waals surface area contributed by atoms with Gasteiger partial charge >= 0.3 is 0 Å². The van der Waals surface area contributed by atoms with E-state index in [0.29, 0.717) is 0 Å². The summed E-state index contributed by atoms with van der Waals surface area (Å²) in [5.41, 5.74) is 2.26. The summed E-state index contributed by atoms with van der Waals surface area (Å²) in [5.74, 6) is 0. The molecule has 1 aromatic heterocycles. The lowest BCUT2D eigenvalue weighted by Crippen LogP contribution is -2.16. The Kier molecular flexibility index (Phi) is 5.29. The lowest BCUT2D eigenvalue weighted by atomic mass is 10.2. The summed E-state index contributed by atoms with van der Waals surface area (Å²) in [7, 11) is 0. The Morgan fingerprint density at radius 1 is 1.47 bits per heavy atom. The Hall–Kier alpha value is -0.930. The first-order valence-corrected chi connectivity index (χ1v) is 5.49. The first-order chi connectivity index (χ1) is 7.18. The fraction of sp³-hybridized carbons (Fsp3) is 0.583. The van der Waals surface area contributed by atoms with E-state index in [9.17, 15) is 0 Å². The number of aryl methyl sites for hydroxylation is 1. The normalized spacial score (nSPS) is 12.7. The molecule has 0 aliphatic carbocycles. The molecule has 84 valence electrons. The van der Waals surface area contributed by atoms with Crippen LogP contribution in [-0.4, -0.2) is 22.7 Å². The summed E-state index contributed by atoms with van der Waals surface area (Å²) >= 11 is 0. The van der Waals surface area contributed by atoms with Gasteiger partial charge in [-0.15, -0.1) is 0 Å². The molecular weight excluding hydrogens is 188 g/mol. The molecule has 0 fully saturated rings. The molecular formula is C12H20N2O. The number of aliphatic hydroxyl groups excluding tert-OH is 1. The van der Waals surface area contributed by atoms with Crippen LogP contribution in [0.3, 0.4) is 0 Å². The molecule has 0 bridgehead atoms. The number of hydrogen-bond donors (Lipinski definition) is 2. The summed E-state index contributed by atoms with van der Waals surface area (Å²) in [6.45, 7) is 5.61. The molecule has 0 aliphatic heterocycles. The molecule has 1 aromatic rings. The number of aromatic nitrogens is 1. The van der Waals surface area contributed by atoms with E-state index in [-0.39, 0.29) is 6.10 Å². The van der Waals surface area contributed by atoms with Gasteiger partial charge in [-0.3, -0.25) is 4.98 Å². The number of aliphatic hydroxyl groups is 1. The van der Waals surface area contributed by atoms with Crippen molar-refractivity contribution >= 4 is 0 Å². The Morgan fingerprint density at radius 3 is 2.87 bits per heavy atom. The van der Waals surface area contributed by atoms with Gasteiger partial charge in [0, 0.05) is 18.4 Å². The largest absolute Gasteiger partial charge is 0.393 e. The highest BCUT2D eigenvalue weighted by atomic mass is 16.3. The average molecular weight is 208 g/mol. The summed E-state index contributed by atoms with van der Waals surface area (Å²) < 4.78 is 0. The molecule has 0 saturated carbocycles. The SMILES string of the molecule is Cc1ccc(CNCCCC(C)O)cn1. The molecule has 0 radical (unpaired) electrons. The van der Waals surface area contributed by atoms with Crippen LogP contribution < -0.4 is 5.32 Å². The van der Waals surface area contributed by atoms with Gasteiger partial charge in [0.15, 0.2) is 0 Å². The fourth-order valence-corrected chi connectivity index (χ4v) is 1.36. The predicted molar refractivity (Wildman–Crippen MR) is 61.6 cm³/mol. The highest BCUT2D eigenvalue weighted by molar-refractivity contribution is 5.12. The van der Waals surface area contributed by atoms with Crippen molar-refractivity contribution in [3.8, 4) is 0 Å². The van der Waals surface area contributed by atoms with Crippen molar-refractivity contribution in [1.82, 2.24) is 10.3 Å². The molecule has 3 heteroatoms. The van der Waals surface area contributed by atoms with E-state index in [0.717, 1.165) is 31.6 Å². The molecule has 0 amide bonds. The molecule has 1 unspecified atom stereocenters. The zero-order chi connectivity index (χ0) is 11.1. The van der Waals surface area contributed by atoms with Gasteiger partial charge in [-0.25, -0.2) is 0 Å². The molecule has 1 heterocycles. The van der Waals surface area contributed by atoms with Gasteiger partial charge in [0.1, 0.15) is 0 Å². The number of hydrogen-bond acceptors (Lipinski definition) is 3. The van der Waals surface area contributed by atoms with Crippen LogP contribution in [0, 0.1) is 6.92 Å². The zero-order valence-electron chi connectivity index (χ0n) is 9.53. The maximum Gasteiger partial charge on any atom is 0.0512 e. The van der Waals surface area contributed by atoms with Crippen molar-refractivity contribution in [2.45, 2.75) is 39.3 Å². The highest BCUT2D eigenvalue weighted by Gasteiger charge is 1.96. The van der Waals surface area contributed by atoms with E-state index >= 15 is 0 Å². The van der Waals surface area contributed by atoms with Crippen LogP contribution >= 0.6 is 0 Å². The first kappa shape index (κ1) is 12.1. The molecule has 15 heavy (non-hydrogen) atoms. The van der Waals surface area contributed by atoms with Gasteiger partial charge in [0.05, 0.1) is 6.10 Å². The standard InChI is InChI=1S/C12H20N2O/c1-10-5-6-12(9-14-10)8-13-7-3-4-11(2)15/h5-6,9,11,13,15H,3-4,7-8H2,1-2H3. The highest BCUT2D eigenvalue weighted by Crippen LogP contribution is 1.99. The van der Waals surface area contributed by atoms with Crippen molar-refractivity contribution in [2.24, 2.45) is 0 Å². The number of rotatable bonds is 6. The third-order valence-corrected chi connectivity index (χ3v) is 2.28. The van der Waals surface area contributed by atoms with Gasteiger partial charge in [-0.1, -0.05) is 6.07 Å². The van der Waals surface area contributed by atoms with Crippen LogP contribution in [0.15, 0.2) is 18.3 Å². The Bertz CT molecular complexity index is 269. The maximum atomic E-state index is 9.06. The molecule has 0 spiro atoms. The summed E-state index contributed by atoms with van der Waals surface area (Å²) in [4.78, 5) is 4.23. The fourth-order valence-electron chi connectivity index (χ4n) is 1.36. The zero-order valence-corrected chi connectivity index (χ0v) is 9.53. The Labute approximate surface area is 91.5 Å². The van der Waals surface area contributed by atoms with Crippen LogP contribution in [-0.2, 0) is 6.54 Å². The average Bonchev–Trinajstić information content (AvgIpc) is 2.20. The van der Waals surface area contributed by atoms with Gasteiger partial charge < -0.3 is 10.4 Å². The first-order valence-electron chi connectivity index (χ1n) is 5.49. The van der Waals surface area contributed by atoms with Gasteiger partial charge in [-0.05, 0) is 44.9 Å². The molecule has 0 aliphatic rings. The molecule has 1 atom stereocenters. The second kappa shape index (κ2) is 6.53. The van der Waals surface area contributed by atoms with E-state index in [2.05, 4.69) is 16.4 Å². The van der Waals surface area contributed by atoms with Gasteiger partial charge in [0.25, 0.3) is 0 Å². The number of nitrogens with zero attached hydrogens (tertiary/aromatic N) is 1. The molecule has 0 aromatic carbocycles. The summed E-state index contributed by atoms with van der Waals surface area (Å²) in [5, 5.41) is 12.4. The quantitative estimate of drug-likeness (QED) is 0.699. The third-order valence-electron chi connectivity index (χ3n) is 2.28. The van der Waals surface area contributed by atoms with Crippen molar-refractivity contribution in [3.05, 3.63) is 29.6 Å². The van der Waals surface area contributed by atoms with E-state index in [4.69, 9.17) is 5.11 Å². The van der Waals surface area contributed by atoms with Crippen molar-refractivity contribution < 1.29 is 5.11 Å². The topological polar surface area (TPSA) is 45.1 Å². The number of nitrogens with one attached hydrogen (secondary N) is 1. The van der Waals surface area contributed by atoms with Crippen LogP contribution in [0.1, 0.15) is 31.0 Å². The molecule has 3 nitrogen and oxygen atoms in total. The van der Waals surface area contributed by atoms with Crippen LogP contribution in [0.2, 0.25) is 0 Å². The smallest absolute Gasteiger partial charge is 0.0512 e. The lowest BCUT2D eigenvalue weighted by molar-refractivity contribution is 0.181. The molecule has 2 N–H and O–H groups in total. The van der Waals surface area contributed by atoms with E-state index < -0.39 is 0 Å². The van der Waals surface area contributed by atoms with Crippen LogP contribution in [0.4, 0.5) is 0 Å². The van der Waals surface area contributed by atoms with Crippen LogP contribution in [0.5, 0.6) is 0 Å². The van der Waals surface area contributed by atoms with Crippen molar-refractivity contribution in [1.29, 1.82) is 0 Å². The summed E-state index contributed by atoms with van der Waals surface area (Å²) in [6, 6.07) is 4.11. The minimum Gasteiger partial charge on any atom is -0.393 e. The minimum atomic E-state index is -0.187. The molecule has 1 rings (SSSR count). The second-order valence-corrected chi connectivity index (χ2v) is 3.98. The Balaban J connectivity index is 2.12. The van der Waals surface area contributed by atoms with Crippen molar-refractivity contribution in [2.75, 3.05) is 6.54 Å². The summed E-state index contributed by atoms with van der Waals surface area (Å²) in [6.07, 6.45) is 3.58. The number of pyridine rings is 1. The maximum absolute atomic E-state index is 9.06. The lowest BCUT2D eigenvalue weighted by Gasteiger charge is -2.06. The van der Waals surface area contributed by atoms with E-state index in [1.807, 2.05) is 26.1 Å². The Morgan fingerprint density at radius 2 is 2.27 bits per heavy atom. The van der Waals surface area contributed by atoms with E-state index in [1.165, 1.54) is 5.56 Å². The van der Waals surface area contributed by atoms with Crippen molar-refractivity contribution in [3.63, 3.8) is 0 Å². The minimum absolute atomic E-state index is 0.187. The van der Waals surface area contributed by atoms with Crippen LogP contribution in [0.25, 0.3) is 0 Å².